The number of carbonyl (C=O) groups excluding carboxylic acids is 1. The van der Waals surface area contributed by atoms with E-state index in [1.807, 2.05) is 26.8 Å². The van der Waals surface area contributed by atoms with Crippen LogP contribution in [0.3, 0.4) is 0 Å². The molecule has 0 aliphatic carbocycles. The number of nitrogens with zero attached hydrogens (tertiary/aromatic N) is 3. The van der Waals surface area contributed by atoms with Crippen LogP contribution in [0, 0.1) is 0 Å². The summed E-state index contributed by atoms with van der Waals surface area (Å²) in [6.45, 7) is 14.4. The molecule has 9 heteroatoms. The van der Waals surface area contributed by atoms with Gasteiger partial charge in [0.1, 0.15) is 22.5 Å². The summed E-state index contributed by atoms with van der Waals surface area (Å²) in [5.74, 6) is 0. The Kier molecular flexibility index (Phi) is 7.39. The van der Waals surface area contributed by atoms with E-state index in [9.17, 15) is 9.90 Å². The number of hydrogen-bond donors (Lipinski definition) is 1. The van der Waals surface area contributed by atoms with Crippen LogP contribution in [0.5, 0.6) is 0 Å². The van der Waals surface area contributed by atoms with Crippen molar-refractivity contribution in [3.05, 3.63) is 16.4 Å². The van der Waals surface area contributed by atoms with Crippen molar-refractivity contribution < 1.29 is 19.4 Å². The molecule has 0 aromatic carbocycles. The molecule has 1 saturated heterocycles. The minimum absolute atomic E-state index is 0.336. The zero-order chi connectivity index (χ0) is 21.2. The SMILES string of the molecule is CC(C)(C)OC(=O)N1CCC(O)(c2cc(Br)n(COCC[Si](C)(C)C)n2)CC1. The number of halogens is 1. The zero-order valence-corrected chi connectivity index (χ0v) is 20.5. The van der Waals surface area contributed by atoms with E-state index in [2.05, 4.69) is 40.7 Å². The molecule has 1 N–H and O–H groups in total. The largest absolute Gasteiger partial charge is 0.444 e. The van der Waals surface area contributed by atoms with Gasteiger partial charge in [-0.2, -0.15) is 5.10 Å². The number of rotatable bonds is 6. The van der Waals surface area contributed by atoms with E-state index in [0.29, 0.717) is 45.0 Å². The van der Waals surface area contributed by atoms with Gasteiger partial charge in [-0.1, -0.05) is 19.6 Å². The Morgan fingerprint density at radius 3 is 2.46 bits per heavy atom. The number of piperidine rings is 1. The second-order valence-corrected chi connectivity index (χ2v) is 16.1. The number of aromatic nitrogens is 2. The van der Waals surface area contributed by atoms with Crippen LogP contribution in [-0.2, 0) is 21.8 Å². The van der Waals surface area contributed by atoms with Gasteiger partial charge in [0, 0.05) is 27.8 Å². The molecule has 28 heavy (non-hydrogen) atoms. The quantitative estimate of drug-likeness (QED) is 0.493. The first-order valence-electron chi connectivity index (χ1n) is 9.81. The van der Waals surface area contributed by atoms with Crippen molar-refractivity contribution >= 4 is 30.1 Å². The van der Waals surface area contributed by atoms with Gasteiger partial charge in [0.15, 0.2) is 0 Å². The van der Waals surface area contributed by atoms with Crippen molar-refractivity contribution in [2.75, 3.05) is 19.7 Å². The van der Waals surface area contributed by atoms with Gasteiger partial charge in [-0.3, -0.25) is 0 Å². The highest BCUT2D eigenvalue weighted by Gasteiger charge is 2.39. The Morgan fingerprint density at radius 2 is 1.93 bits per heavy atom. The van der Waals surface area contributed by atoms with Crippen LogP contribution >= 0.6 is 15.9 Å². The molecule has 0 unspecified atom stereocenters. The molecule has 0 bridgehead atoms. The predicted octanol–water partition coefficient (Wildman–Crippen LogP) is 4.18. The molecule has 160 valence electrons. The van der Waals surface area contributed by atoms with Gasteiger partial charge < -0.3 is 19.5 Å². The molecule has 1 aliphatic rings. The maximum absolute atomic E-state index is 12.2. The molecule has 2 heterocycles. The highest BCUT2D eigenvalue weighted by molar-refractivity contribution is 9.10. The molecule has 0 radical (unpaired) electrons. The molecule has 1 amide bonds. The standard InChI is InChI=1S/C19H34BrN3O4Si/c1-18(2,3)27-17(24)22-9-7-19(25,8-10-22)15-13-16(20)23(21-15)14-26-11-12-28(4,5)6/h13,25H,7-12,14H2,1-6H3. The van der Waals surface area contributed by atoms with Gasteiger partial charge in [-0.25, -0.2) is 9.48 Å². The van der Waals surface area contributed by atoms with Crippen LogP contribution < -0.4 is 0 Å². The highest BCUT2D eigenvalue weighted by atomic mass is 79.9. The number of ether oxygens (including phenoxy) is 2. The van der Waals surface area contributed by atoms with Crippen LogP contribution in [0.15, 0.2) is 10.7 Å². The summed E-state index contributed by atoms with van der Waals surface area (Å²) in [6, 6.07) is 2.94. The second kappa shape index (κ2) is 8.85. The minimum atomic E-state index is -1.12. The lowest BCUT2D eigenvalue weighted by molar-refractivity contribution is -0.0389. The van der Waals surface area contributed by atoms with Crippen molar-refractivity contribution in [3.63, 3.8) is 0 Å². The lowest BCUT2D eigenvalue weighted by atomic mass is 9.88. The predicted molar refractivity (Wildman–Crippen MR) is 115 cm³/mol. The number of hydrogen-bond acceptors (Lipinski definition) is 5. The minimum Gasteiger partial charge on any atom is -0.444 e. The van der Waals surface area contributed by atoms with Crippen LogP contribution in [0.25, 0.3) is 0 Å². The van der Waals surface area contributed by atoms with Gasteiger partial charge in [-0.15, -0.1) is 0 Å². The maximum Gasteiger partial charge on any atom is 0.410 e. The van der Waals surface area contributed by atoms with Gasteiger partial charge in [0.2, 0.25) is 0 Å². The van der Waals surface area contributed by atoms with E-state index in [-0.39, 0.29) is 6.09 Å². The van der Waals surface area contributed by atoms with Crippen LogP contribution in [0.4, 0.5) is 4.79 Å². The lowest BCUT2D eigenvalue weighted by Gasteiger charge is -2.37. The normalized spacial score (nSPS) is 17.6. The summed E-state index contributed by atoms with van der Waals surface area (Å²) in [5.41, 5.74) is -0.967. The molecule has 0 atom stereocenters. The second-order valence-electron chi connectivity index (χ2n) is 9.70. The summed E-state index contributed by atoms with van der Waals surface area (Å²) in [4.78, 5) is 13.9. The molecular formula is C19H34BrN3O4Si. The summed E-state index contributed by atoms with van der Waals surface area (Å²) >= 11 is 3.50. The molecule has 1 fully saturated rings. The average molecular weight is 476 g/mol. The highest BCUT2D eigenvalue weighted by Crippen LogP contribution is 2.34. The summed E-state index contributed by atoms with van der Waals surface area (Å²) < 4.78 is 13.7. The van der Waals surface area contributed by atoms with E-state index in [1.165, 1.54) is 0 Å². The van der Waals surface area contributed by atoms with Crippen LogP contribution in [0.1, 0.15) is 39.3 Å². The third-order valence-corrected chi connectivity index (χ3v) is 7.00. The summed E-state index contributed by atoms with van der Waals surface area (Å²) in [7, 11) is -1.12. The molecule has 1 aliphatic heterocycles. The first-order chi connectivity index (χ1) is 12.8. The zero-order valence-electron chi connectivity index (χ0n) is 17.9. The van der Waals surface area contributed by atoms with Crippen molar-refractivity contribution in [2.24, 2.45) is 0 Å². The molecule has 0 saturated carbocycles. The van der Waals surface area contributed by atoms with Crippen LogP contribution in [-0.4, -0.2) is 59.3 Å². The topological polar surface area (TPSA) is 76.8 Å². The van der Waals surface area contributed by atoms with Gasteiger partial charge in [0.25, 0.3) is 0 Å². The van der Waals surface area contributed by atoms with E-state index in [1.54, 1.807) is 9.58 Å². The van der Waals surface area contributed by atoms with E-state index in [4.69, 9.17) is 9.47 Å². The molecular weight excluding hydrogens is 442 g/mol. The van der Waals surface area contributed by atoms with E-state index < -0.39 is 19.3 Å². The fourth-order valence-corrected chi connectivity index (χ4v) is 4.04. The summed E-state index contributed by atoms with van der Waals surface area (Å²) in [6.07, 6.45) is 0.510. The van der Waals surface area contributed by atoms with Crippen molar-refractivity contribution in [2.45, 2.75) is 77.2 Å². The first kappa shape index (κ1) is 23.4. The Labute approximate surface area is 177 Å². The Balaban J connectivity index is 1.92. The number of aliphatic hydroxyl groups is 1. The Hall–Kier alpha value is -0.903. The fourth-order valence-electron chi connectivity index (χ4n) is 2.88. The maximum atomic E-state index is 12.2. The molecule has 0 spiro atoms. The third kappa shape index (κ3) is 6.86. The van der Waals surface area contributed by atoms with Crippen molar-refractivity contribution in [1.82, 2.24) is 14.7 Å². The molecule has 1 aromatic heterocycles. The first-order valence-corrected chi connectivity index (χ1v) is 14.3. The molecule has 1 aromatic rings. The molecule has 7 nitrogen and oxygen atoms in total. The van der Waals surface area contributed by atoms with Crippen molar-refractivity contribution in [1.29, 1.82) is 0 Å². The molecule has 2 rings (SSSR count). The van der Waals surface area contributed by atoms with E-state index >= 15 is 0 Å². The number of amides is 1. The van der Waals surface area contributed by atoms with E-state index in [0.717, 1.165) is 10.6 Å². The number of carbonyl (C=O) groups is 1. The fraction of sp³-hybridized carbons (Fsp3) is 0.789. The third-order valence-electron chi connectivity index (χ3n) is 4.66. The van der Waals surface area contributed by atoms with Gasteiger partial charge in [-0.05, 0) is 61.7 Å². The average Bonchev–Trinajstić information content (AvgIpc) is 2.91. The van der Waals surface area contributed by atoms with Gasteiger partial charge in [0.05, 0.1) is 5.69 Å². The van der Waals surface area contributed by atoms with Crippen molar-refractivity contribution in [3.8, 4) is 0 Å². The summed E-state index contributed by atoms with van der Waals surface area (Å²) in [5, 5.41) is 15.6. The smallest absolute Gasteiger partial charge is 0.410 e. The van der Waals surface area contributed by atoms with Crippen LogP contribution in [0.2, 0.25) is 25.7 Å². The lowest BCUT2D eigenvalue weighted by Crippen LogP contribution is -2.47. The Morgan fingerprint density at radius 1 is 1.32 bits per heavy atom. The Bertz CT molecular complexity index is 674. The monoisotopic (exact) mass is 475 g/mol. The van der Waals surface area contributed by atoms with Gasteiger partial charge >= 0.3 is 6.09 Å². The number of likely N-dealkylation sites (tertiary alicyclic amines) is 1.